The third kappa shape index (κ3) is 10.2. The molecule has 1 atom stereocenters. The molecule has 6 rings (SSSR count). The first-order valence-corrected chi connectivity index (χ1v) is 14.3. The molecule has 1 unspecified atom stereocenters. The van der Waals surface area contributed by atoms with Gasteiger partial charge in [-0.2, -0.15) is 0 Å². The summed E-state index contributed by atoms with van der Waals surface area (Å²) in [5.74, 6) is -4.37. The molecule has 264 valence electrons. The van der Waals surface area contributed by atoms with Crippen molar-refractivity contribution in [3.63, 3.8) is 0 Å². The van der Waals surface area contributed by atoms with Gasteiger partial charge in [0.05, 0.1) is 42.0 Å². The SMILES string of the molecule is C=C(C(=O)OC)C(O)c1ncccc1F.COC(=O)c1cc2c(F)cccn2c1.O=C(O)c1cc2c(F)cccn2c1.O=Cc1ncccc1F. The summed E-state index contributed by atoms with van der Waals surface area (Å²) in [5.41, 5.74) is 0.441. The van der Waals surface area contributed by atoms with Gasteiger partial charge >= 0.3 is 17.9 Å². The standard InChI is InChI=1S/C10H10FNO3.C10H8FNO2.C9H6FNO2.C6H4FNO/c1-6(10(14)15-2)9(13)8-7(11)4-3-5-12-8;1-14-10(13)7-5-9-8(11)3-2-4-12(9)6-7;10-7-2-1-3-11-5-6(9(12)13)4-8(7)11;7-5-2-1-3-8-6(5)4-9/h3-5,9,13H,1H2,2H3;2-6H,1H3;1-5H,(H,12,13);1-4H. The van der Waals surface area contributed by atoms with Crippen LogP contribution in [-0.4, -0.2) is 67.4 Å². The highest BCUT2D eigenvalue weighted by Crippen LogP contribution is 2.21. The lowest BCUT2D eigenvalue weighted by Crippen LogP contribution is -2.14. The average Bonchev–Trinajstić information content (AvgIpc) is 3.79. The van der Waals surface area contributed by atoms with E-state index in [1.165, 1.54) is 84.8 Å². The number of aromatic carboxylic acids is 1. The van der Waals surface area contributed by atoms with Gasteiger partial charge in [0.15, 0.2) is 12.1 Å². The van der Waals surface area contributed by atoms with E-state index in [-0.39, 0.29) is 33.9 Å². The average molecular weight is 709 g/mol. The van der Waals surface area contributed by atoms with Gasteiger partial charge in [0.1, 0.15) is 34.9 Å². The van der Waals surface area contributed by atoms with Gasteiger partial charge in [-0.1, -0.05) is 6.58 Å². The summed E-state index contributed by atoms with van der Waals surface area (Å²) >= 11 is 0. The molecule has 0 aliphatic heterocycles. The number of esters is 2. The van der Waals surface area contributed by atoms with Crippen LogP contribution >= 0.6 is 0 Å². The number of aliphatic hydroxyl groups excluding tert-OH is 1. The van der Waals surface area contributed by atoms with E-state index in [0.29, 0.717) is 17.4 Å². The van der Waals surface area contributed by atoms with Crippen molar-refractivity contribution in [2.45, 2.75) is 6.10 Å². The first-order valence-electron chi connectivity index (χ1n) is 14.3. The molecule has 0 spiro atoms. The molecule has 0 saturated carbocycles. The molecule has 0 aromatic carbocycles. The normalized spacial score (nSPS) is 10.6. The molecule has 0 fully saturated rings. The van der Waals surface area contributed by atoms with E-state index in [9.17, 15) is 41.8 Å². The fraction of sp³-hybridized carbons (Fsp3) is 0.0857. The van der Waals surface area contributed by atoms with Crippen LogP contribution in [0.5, 0.6) is 0 Å². The van der Waals surface area contributed by atoms with E-state index in [1.54, 1.807) is 22.9 Å². The first kappa shape index (κ1) is 38.8. The lowest BCUT2D eigenvalue weighted by molar-refractivity contribution is -0.137. The first-order chi connectivity index (χ1) is 24.3. The Bertz CT molecular complexity index is 2180. The Labute approximate surface area is 286 Å². The van der Waals surface area contributed by atoms with Crippen molar-refractivity contribution in [2.24, 2.45) is 0 Å². The number of aromatic nitrogens is 4. The number of hydrogen-bond donors (Lipinski definition) is 2. The van der Waals surface area contributed by atoms with E-state index in [4.69, 9.17) is 5.11 Å². The van der Waals surface area contributed by atoms with Crippen molar-refractivity contribution in [1.82, 2.24) is 18.8 Å². The van der Waals surface area contributed by atoms with Crippen LogP contribution in [-0.2, 0) is 14.3 Å². The molecule has 16 heteroatoms. The summed E-state index contributed by atoms with van der Waals surface area (Å²) in [6.45, 7) is 3.31. The third-order valence-corrected chi connectivity index (χ3v) is 6.56. The van der Waals surface area contributed by atoms with Gasteiger partial charge in [0.25, 0.3) is 0 Å². The maximum atomic E-state index is 13.2. The predicted octanol–water partition coefficient (Wildman–Crippen LogP) is 5.66. The topological polar surface area (TPSA) is 162 Å². The molecule has 2 N–H and O–H groups in total. The van der Waals surface area contributed by atoms with Gasteiger partial charge in [-0.15, -0.1) is 0 Å². The maximum Gasteiger partial charge on any atom is 0.339 e. The van der Waals surface area contributed by atoms with Crippen molar-refractivity contribution < 1.29 is 56.4 Å². The van der Waals surface area contributed by atoms with Gasteiger partial charge in [0.2, 0.25) is 0 Å². The van der Waals surface area contributed by atoms with E-state index in [1.807, 2.05) is 0 Å². The molecule has 12 nitrogen and oxygen atoms in total. The van der Waals surface area contributed by atoms with Crippen molar-refractivity contribution >= 4 is 35.2 Å². The van der Waals surface area contributed by atoms with Gasteiger partial charge < -0.3 is 28.5 Å². The second kappa shape index (κ2) is 18.2. The smallest absolute Gasteiger partial charge is 0.339 e. The van der Waals surface area contributed by atoms with Crippen LogP contribution in [0.1, 0.15) is 43.0 Å². The molecule has 6 aromatic heterocycles. The number of ether oxygens (including phenoxy) is 2. The lowest BCUT2D eigenvalue weighted by atomic mass is 10.1. The quantitative estimate of drug-likeness (QED) is 0.0956. The fourth-order valence-electron chi connectivity index (χ4n) is 4.04. The monoisotopic (exact) mass is 708 g/mol. The van der Waals surface area contributed by atoms with Crippen molar-refractivity contribution in [1.29, 1.82) is 0 Å². The highest BCUT2D eigenvalue weighted by molar-refractivity contribution is 5.91. The second-order valence-corrected chi connectivity index (χ2v) is 9.83. The molecule has 0 saturated heterocycles. The minimum atomic E-state index is -1.49. The van der Waals surface area contributed by atoms with E-state index >= 15 is 0 Å². The summed E-state index contributed by atoms with van der Waals surface area (Å²) < 4.78 is 63.6. The van der Waals surface area contributed by atoms with Crippen molar-refractivity contribution in [3.8, 4) is 0 Å². The van der Waals surface area contributed by atoms with Crippen LogP contribution in [0.2, 0.25) is 0 Å². The van der Waals surface area contributed by atoms with Gasteiger partial charge in [-0.25, -0.2) is 31.9 Å². The number of halogens is 4. The van der Waals surface area contributed by atoms with Gasteiger partial charge in [-0.05, 0) is 60.7 Å². The lowest BCUT2D eigenvalue weighted by Gasteiger charge is -2.11. The highest BCUT2D eigenvalue weighted by atomic mass is 19.1. The Morgan fingerprint density at radius 2 is 1.29 bits per heavy atom. The Kier molecular flexibility index (Phi) is 13.8. The molecule has 51 heavy (non-hydrogen) atoms. The molecule has 6 heterocycles. The van der Waals surface area contributed by atoms with E-state index in [0.717, 1.165) is 13.2 Å². The minimum Gasteiger partial charge on any atom is -0.478 e. The number of rotatable bonds is 6. The molecule has 6 aromatic rings. The van der Waals surface area contributed by atoms with Crippen LogP contribution in [0.4, 0.5) is 17.6 Å². The molecular weight excluding hydrogens is 680 g/mol. The number of aliphatic hydroxyl groups is 1. The van der Waals surface area contributed by atoms with Crippen molar-refractivity contribution in [2.75, 3.05) is 14.2 Å². The Morgan fingerprint density at radius 1 is 0.784 bits per heavy atom. The number of nitrogens with zero attached hydrogens (tertiary/aromatic N) is 4. The van der Waals surface area contributed by atoms with Crippen LogP contribution in [0, 0.1) is 23.3 Å². The van der Waals surface area contributed by atoms with Crippen LogP contribution < -0.4 is 0 Å². The van der Waals surface area contributed by atoms with Crippen LogP contribution in [0.25, 0.3) is 11.0 Å². The summed E-state index contributed by atoms with van der Waals surface area (Å²) in [6, 6.07) is 13.6. The number of pyridine rings is 4. The third-order valence-electron chi connectivity index (χ3n) is 6.56. The molecule has 0 aliphatic rings. The zero-order chi connectivity index (χ0) is 37.7. The molecule has 0 radical (unpaired) electrons. The molecule has 0 amide bonds. The van der Waals surface area contributed by atoms with Crippen LogP contribution in [0.15, 0.2) is 110 Å². The van der Waals surface area contributed by atoms with Crippen molar-refractivity contribution in [3.05, 3.63) is 156 Å². The Hall–Kier alpha value is -6.68. The summed E-state index contributed by atoms with van der Waals surface area (Å²) in [7, 11) is 2.44. The van der Waals surface area contributed by atoms with Crippen LogP contribution in [0.3, 0.4) is 0 Å². The summed E-state index contributed by atoms with van der Waals surface area (Å²) in [6.07, 6.45) is 7.76. The fourth-order valence-corrected chi connectivity index (χ4v) is 4.04. The largest absolute Gasteiger partial charge is 0.478 e. The zero-order valence-corrected chi connectivity index (χ0v) is 26.7. The predicted molar refractivity (Wildman–Crippen MR) is 173 cm³/mol. The Balaban J connectivity index is 0.000000186. The van der Waals surface area contributed by atoms with E-state index in [2.05, 4.69) is 26.0 Å². The number of fused-ring (bicyclic) bond motifs is 2. The van der Waals surface area contributed by atoms with Gasteiger partial charge in [0, 0.05) is 37.2 Å². The molecule has 0 bridgehead atoms. The minimum absolute atomic E-state index is 0.0881. The van der Waals surface area contributed by atoms with Gasteiger partial charge in [-0.3, -0.25) is 14.8 Å². The highest BCUT2D eigenvalue weighted by Gasteiger charge is 2.22. The maximum absolute atomic E-state index is 13.2. The Morgan fingerprint density at radius 3 is 1.75 bits per heavy atom. The summed E-state index contributed by atoms with van der Waals surface area (Å²) in [4.78, 5) is 49.7. The van der Waals surface area contributed by atoms with E-state index < -0.39 is 41.5 Å². The molecular formula is C35H28F4N4O8. The summed E-state index contributed by atoms with van der Waals surface area (Å²) in [5, 5.41) is 18.2. The second-order valence-electron chi connectivity index (χ2n) is 9.83. The number of carbonyl (C=O) groups excluding carboxylic acids is 3. The zero-order valence-electron chi connectivity index (χ0n) is 26.7. The number of methoxy groups -OCH3 is 2. The molecule has 0 aliphatic carbocycles. The number of carboxylic acids is 1. The number of carboxylic acid groups (broad SMARTS) is 1. The number of carbonyl (C=O) groups is 4. The number of aldehydes is 1. The number of hydrogen-bond acceptors (Lipinski definition) is 9.